The Morgan fingerprint density at radius 1 is 1.06 bits per heavy atom. The lowest BCUT2D eigenvalue weighted by Crippen LogP contribution is -2.05. The van der Waals surface area contributed by atoms with Crippen LogP contribution in [0.5, 0.6) is 0 Å². The van der Waals surface area contributed by atoms with E-state index >= 15 is 0 Å². The van der Waals surface area contributed by atoms with Crippen molar-refractivity contribution in [3.63, 3.8) is 0 Å². The fourth-order valence-electron chi connectivity index (χ4n) is 1.79. The average Bonchev–Trinajstić information content (AvgIpc) is 2.26. The largest absolute Gasteiger partial charge is 0.377 e. The minimum absolute atomic E-state index is 0.216. The Hall–Kier alpha value is -2.03. The molecule has 0 aliphatic rings. The van der Waals surface area contributed by atoms with Gasteiger partial charge in [0.2, 0.25) is 0 Å². The zero-order valence-corrected chi connectivity index (χ0v) is 8.56. The van der Waals surface area contributed by atoms with Crippen LogP contribution in [-0.4, -0.2) is 4.74 Å². The van der Waals surface area contributed by atoms with Crippen molar-refractivity contribution in [2.45, 2.75) is 6.54 Å². The number of benzene rings is 2. The summed E-state index contributed by atoms with van der Waals surface area (Å²) in [5, 5.41) is 0. The Labute approximate surface area is 91.9 Å². The van der Waals surface area contributed by atoms with Crippen LogP contribution in [0.2, 0.25) is 0 Å². The normalized spacial score (nSPS) is 11.1. The number of hydrogen-bond acceptors (Lipinski definition) is 1. The molecule has 16 heavy (non-hydrogen) atoms. The standard InChI is InChI=1S/C13H10FNO/c14-11-5-3-4-10(8-11)9-15-12-6-1-2-7-13(12)16-15/h1-8H,9H2. The Morgan fingerprint density at radius 2 is 1.94 bits per heavy atom. The van der Waals surface area contributed by atoms with Crippen molar-refractivity contribution in [2.75, 3.05) is 0 Å². The topological polar surface area (TPSA) is 18.1 Å². The second kappa shape index (κ2) is 3.52. The van der Waals surface area contributed by atoms with Crippen LogP contribution in [0, 0.1) is 5.82 Å². The predicted octanol–water partition coefficient (Wildman–Crippen LogP) is 3.42. The predicted molar refractivity (Wildman–Crippen MR) is 59.7 cm³/mol. The lowest BCUT2D eigenvalue weighted by atomic mass is 10.2. The molecule has 80 valence electrons. The van der Waals surface area contributed by atoms with Crippen molar-refractivity contribution in [1.29, 1.82) is 0 Å². The van der Waals surface area contributed by atoms with Gasteiger partial charge in [-0.3, -0.25) is 0 Å². The number of aromatic nitrogens is 1. The molecule has 0 amide bonds. The van der Waals surface area contributed by atoms with Crippen molar-refractivity contribution in [1.82, 2.24) is 4.74 Å². The highest BCUT2D eigenvalue weighted by molar-refractivity contribution is 5.73. The second-order valence-corrected chi connectivity index (χ2v) is 3.73. The molecule has 0 bridgehead atoms. The highest BCUT2D eigenvalue weighted by Gasteiger charge is 2.07. The van der Waals surface area contributed by atoms with Gasteiger partial charge in [-0.2, -0.15) is 0 Å². The van der Waals surface area contributed by atoms with E-state index in [2.05, 4.69) is 0 Å². The molecule has 0 atom stereocenters. The van der Waals surface area contributed by atoms with Crippen LogP contribution in [0.4, 0.5) is 4.39 Å². The molecule has 0 saturated carbocycles. The molecular formula is C13H10FNO. The molecule has 0 N–H and O–H groups in total. The number of nitrogens with zero attached hydrogens (tertiary/aromatic N) is 1. The first-order valence-corrected chi connectivity index (χ1v) is 5.12. The molecular weight excluding hydrogens is 205 g/mol. The third-order valence-corrected chi connectivity index (χ3v) is 2.56. The Kier molecular flexibility index (Phi) is 2.03. The summed E-state index contributed by atoms with van der Waals surface area (Å²) in [6.45, 7) is 0.564. The molecule has 0 radical (unpaired) electrons. The quantitative estimate of drug-likeness (QED) is 0.640. The van der Waals surface area contributed by atoms with Gasteiger partial charge in [0.05, 0.1) is 6.54 Å². The van der Waals surface area contributed by atoms with E-state index in [1.54, 1.807) is 10.8 Å². The molecule has 3 rings (SSSR count). The van der Waals surface area contributed by atoms with Gasteiger partial charge in [-0.15, -0.1) is 0 Å². The van der Waals surface area contributed by atoms with Gasteiger partial charge in [0.25, 0.3) is 0 Å². The summed E-state index contributed by atoms with van der Waals surface area (Å²) in [6.07, 6.45) is 0. The van der Waals surface area contributed by atoms with Crippen LogP contribution in [0.1, 0.15) is 5.56 Å². The number of hydrogen-bond donors (Lipinski definition) is 0. The van der Waals surface area contributed by atoms with E-state index in [1.165, 1.54) is 12.1 Å². The number of fused-ring (bicyclic) bond motifs is 1. The Morgan fingerprint density at radius 3 is 2.75 bits per heavy atom. The summed E-state index contributed by atoms with van der Waals surface area (Å²) >= 11 is 0. The third-order valence-electron chi connectivity index (χ3n) is 2.56. The maximum absolute atomic E-state index is 13.0. The molecule has 0 saturated heterocycles. The third kappa shape index (κ3) is 1.50. The van der Waals surface area contributed by atoms with Gasteiger partial charge in [0.15, 0.2) is 5.58 Å². The summed E-state index contributed by atoms with van der Waals surface area (Å²) in [6, 6.07) is 14.3. The van der Waals surface area contributed by atoms with Gasteiger partial charge in [-0.25, -0.2) is 9.13 Å². The van der Waals surface area contributed by atoms with Crippen molar-refractivity contribution in [3.05, 3.63) is 59.9 Å². The van der Waals surface area contributed by atoms with Crippen molar-refractivity contribution >= 4 is 11.1 Å². The molecule has 1 aromatic heterocycles. The summed E-state index contributed by atoms with van der Waals surface area (Å²) in [4.78, 5) is 0. The lowest BCUT2D eigenvalue weighted by Gasteiger charge is -2.13. The number of halogens is 1. The van der Waals surface area contributed by atoms with Crippen molar-refractivity contribution in [3.8, 4) is 0 Å². The first-order chi connectivity index (χ1) is 7.83. The molecule has 3 heteroatoms. The van der Waals surface area contributed by atoms with Gasteiger partial charge in [0, 0.05) is 0 Å². The average molecular weight is 215 g/mol. The Bertz CT molecular complexity index is 623. The van der Waals surface area contributed by atoms with Crippen LogP contribution < -0.4 is 0 Å². The molecule has 0 unspecified atom stereocenters. The molecule has 1 heterocycles. The molecule has 0 aliphatic carbocycles. The fourth-order valence-corrected chi connectivity index (χ4v) is 1.79. The molecule has 2 aromatic carbocycles. The van der Waals surface area contributed by atoms with Gasteiger partial charge in [-0.05, 0) is 29.8 Å². The SMILES string of the molecule is Fc1cccc(Cn2oc3ccccc32)c1. The maximum Gasteiger partial charge on any atom is 0.181 e. The van der Waals surface area contributed by atoms with Gasteiger partial charge >= 0.3 is 0 Å². The van der Waals surface area contributed by atoms with Crippen LogP contribution in [-0.2, 0) is 6.54 Å². The number of para-hydroxylation sites is 2. The van der Waals surface area contributed by atoms with Crippen LogP contribution in [0.3, 0.4) is 0 Å². The van der Waals surface area contributed by atoms with E-state index in [1.807, 2.05) is 30.3 Å². The molecule has 0 spiro atoms. The molecule has 0 fully saturated rings. The minimum atomic E-state index is -0.216. The number of rotatable bonds is 2. The van der Waals surface area contributed by atoms with E-state index in [4.69, 9.17) is 4.52 Å². The summed E-state index contributed by atoms with van der Waals surface area (Å²) in [5.41, 5.74) is 2.82. The van der Waals surface area contributed by atoms with Crippen LogP contribution in [0.15, 0.2) is 53.1 Å². The molecule has 3 aromatic rings. The van der Waals surface area contributed by atoms with E-state index in [9.17, 15) is 4.39 Å². The van der Waals surface area contributed by atoms with E-state index < -0.39 is 0 Å². The minimum Gasteiger partial charge on any atom is -0.377 e. The molecule has 2 nitrogen and oxygen atoms in total. The van der Waals surface area contributed by atoms with E-state index in [-0.39, 0.29) is 5.82 Å². The van der Waals surface area contributed by atoms with Crippen molar-refractivity contribution < 1.29 is 8.91 Å². The Balaban J connectivity index is 1.92. The second-order valence-electron chi connectivity index (χ2n) is 3.73. The van der Waals surface area contributed by atoms with Crippen LogP contribution >= 0.6 is 0 Å². The van der Waals surface area contributed by atoms with E-state index in [0.29, 0.717) is 6.54 Å². The monoisotopic (exact) mass is 215 g/mol. The summed E-state index contributed by atoms with van der Waals surface area (Å²) in [7, 11) is 0. The maximum atomic E-state index is 13.0. The highest BCUT2D eigenvalue weighted by Crippen LogP contribution is 2.19. The van der Waals surface area contributed by atoms with Gasteiger partial charge in [-0.1, -0.05) is 24.3 Å². The zero-order valence-electron chi connectivity index (χ0n) is 8.56. The first kappa shape index (κ1) is 9.21. The van der Waals surface area contributed by atoms with Crippen molar-refractivity contribution in [2.24, 2.45) is 0 Å². The lowest BCUT2D eigenvalue weighted by molar-refractivity contribution is 0.284. The highest BCUT2D eigenvalue weighted by atomic mass is 19.1. The summed E-state index contributed by atoms with van der Waals surface area (Å²) in [5.74, 6) is -0.216. The van der Waals surface area contributed by atoms with E-state index in [0.717, 1.165) is 16.7 Å². The first-order valence-electron chi connectivity index (χ1n) is 5.12. The van der Waals surface area contributed by atoms with Crippen LogP contribution in [0.25, 0.3) is 11.1 Å². The fraction of sp³-hybridized carbons (Fsp3) is 0.0769. The van der Waals surface area contributed by atoms with Gasteiger partial charge < -0.3 is 4.52 Å². The smallest absolute Gasteiger partial charge is 0.181 e. The molecule has 0 aliphatic heterocycles. The van der Waals surface area contributed by atoms with Gasteiger partial charge in [0.1, 0.15) is 11.3 Å². The zero-order chi connectivity index (χ0) is 11.0. The summed E-state index contributed by atoms with van der Waals surface area (Å²) < 4.78 is 20.2.